The molecule has 5 heteroatoms. The van der Waals surface area contributed by atoms with Gasteiger partial charge in [0.05, 0.1) is 13.2 Å². The number of benzene rings is 1. The van der Waals surface area contributed by atoms with E-state index in [1.165, 1.54) is 11.1 Å². The highest BCUT2D eigenvalue weighted by Gasteiger charge is 2.05. The van der Waals surface area contributed by atoms with Crippen LogP contribution in [0.2, 0.25) is 0 Å². The van der Waals surface area contributed by atoms with Gasteiger partial charge in [-0.3, -0.25) is 0 Å². The number of ether oxygens (including phenoxy) is 1. The predicted octanol–water partition coefficient (Wildman–Crippen LogP) is 1.61. The summed E-state index contributed by atoms with van der Waals surface area (Å²) < 4.78 is 5.26. The number of tetrazole rings is 1. The molecule has 0 aliphatic carbocycles. The lowest BCUT2D eigenvalue weighted by molar-refractivity contribution is 0.132. The van der Waals surface area contributed by atoms with E-state index in [-0.39, 0.29) is 0 Å². The zero-order chi connectivity index (χ0) is 12.8. The smallest absolute Gasteiger partial charge is 0.179 e. The third-order valence-corrected chi connectivity index (χ3v) is 2.74. The highest BCUT2D eigenvalue weighted by Crippen LogP contribution is 2.10. The van der Waals surface area contributed by atoms with Crippen LogP contribution >= 0.6 is 0 Å². The molecule has 0 atom stereocenters. The van der Waals surface area contributed by atoms with Gasteiger partial charge in [0.25, 0.3) is 0 Å². The van der Waals surface area contributed by atoms with Crippen molar-refractivity contribution in [3.63, 3.8) is 0 Å². The molecule has 0 bridgehead atoms. The Hall–Kier alpha value is -1.75. The van der Waals surface area contributed by atoms with Gasteiger partial charge < -0.3 is 4.74 Å². The van der Waals surface area contributed by atoms with Crippen molar-refractivity contribution in [1.29, 1.82) is 0 Å². The Labute approximate surface area is 107 Å². The molecular weight excluding hydrogens is 228 g/mol. The SMILES string of the molecule is CCOCCn1nnc(Cc2ccccc2C)n1. The van der Waals surface area contributed by atoms with Crippen molar-refractivity contribution in [3.8, 4) is 0 Å². The van der Waals surface area contributed by atoms with Crippen LogP contribution in [-0.4, -0.2) is 33.4 Å². The molecular formula is C13H18N4O. The van der Waals surface area contributed by atoms with Crippen LogP contribution in [0.15, 0.2) is 24.3 Å². The summed E-state index contributed by atoms with van der Waals surface area (Å²) in [6.45, 7) is 6.04. The van der Waals surface area contributed by atoms with Crippen molar-refractivity contribution in [2.24, 2.45) is 0 Å². The summed E-state index contributed by atoms with van der Waals surface area (Å²) in [5, 5.41) is 12.4. The molecule has 0 saturated carbocycles. The lowest BCUT2D eigenvalue weighted by atomic mass is 10.1. The van der Waals surface area contributed by atoms with E-state index in [0.29, 0.717) is 19.8 Å². The van der Waals surface area contributed by atoms with Crippen LogP contribution in [0.3, 0.4) is 0 Å². The fourth-order valence-corrected chi connectivity index (χ4v) is 1.71. The van der Waals surface area contributed by atoms with E-state index in [1.807, 2.05) is 19.1 Å². The van der Waals surface area contributed by atoms with Crippen molar-refractivity contribution in [1.82, 2.24) is 20.2 Å². The Balaban J connectivity index is 1.96. The van der Waals surface area contributed by atoms with Crippen molar-refractivity contribution < 1.29 is 4.74 Å². The predicted molar refractivity (Wildman–Crippen MR) is 68.3 cm³/mol. The van der Waals surface area contributed by atoms with Crippen molar-refractivity contribution in [2.75, 3.05) is 13.2 Å². The standard InChI is InChI=1S/C13H18N4O/c1-3-18-9-8-17-15-13(14-16-17)10-12-7-5-4-6-11(12)2/h4-7H,3,8-10H2,1-2H3. The molecule has 0 spiro atoms. The molecule has 0 aliphatic rings. The first-order chi connectivity index (χ1) is 8.79. The highest BCUT2D eigenvalue weighted by molar-refractivity contribution is 5.27. The second kappa shape index (κ2) is 6.26. The fraction of sp³-hybridized carbons (Fsp3) is 0.462. The van der Waals surface area contributed by atoms with Gasteiger partial charge in [-0.25, -0.2) is 0 Å². The molecule has 0 N–H and O–H groups in total. The van der Waals surface area contributed by atoms with Crippen molar-refractivity contribution in [2.45, 2.75) is 26.8 Å². The molecule has 0 radical (unpaired) electrons. The summed E-state index contributed by atoms with van der Waals surface area (Å²) in [5.41, 5.74) is 2.49. The molecule has 0 fully saturated rings. The Morgan fingerprint density at radius 2 is 2.11 bits per heavy atom. The molecule has 0 saturated heterocycles. The van der Waals surface area contributed by atoms with E-state index in [9.17, 15) is 0 Å². The van der Waals surface area contributed by atoms with Crippen LogP contribution in [0.4, 0.5) is 0 Å². The van der Waals surface area contributed by atoms with Gasteiger partial charge in [0.1, 0.15) is 0 Å². The van der Waals surface area contributed by atoms with Crippen LogP contribution in [-0.2, 0) is 17.7 Å². The monoisotopic (exact) mass is 246 g/mol. The molecule has 1 aromatic carbocycles. The van der Waals surface area contributed by atoms with Crippen LogP contribution in [0.25, 0.3) is 0 Å². The minimum Gasteiger partial charge on any atom is -0.380 e. The highest BCUT2D eigenvalue weighted by atomic mass is 16.5. The van der Waals surface area contributed by atoms with Gasteiger partial charge in [-0.2, -0.15) is 4.80 Å². The zero-order valence-corrected chi connectivity index (χ0v) is 10.8. The Morgan fingerprint density at radius 1 is 1.28 bits per heavy atom. The molecule has 1 aromatic heterocycles. The number of rotatable bonds is 6. The second-order valence-electron chi connectivity index (χ2n) is 4.10. The third kappa shape index (κ3) is 3.37. The van der Waals surface area contributed by atoms with E-state index in [4.69, 9.17) is 4.74 Å². The maximum absolute atomic E-state index is 5.26. The maximum atomic E-state index is 5.26. The molecule has 2 aromatic rings. The van der Waals surface area contributed by atoms with Crippen molar-refractivity contribution in [3.05, 3.63) is 41.2 Å². The first-order valence-electron chi connectivity index (χ1n) is 6.18. The summed E-state index contributed by atoms with van der Waals surface area (Å²) in [6.07, 6.45) is 0.724. The van der Waals surface area contributed by atoms with E-state index >= 15 is 0 Å². The summed E-state index contributed by atoms with van der Waals surface area (Å²) in [5.74, 6) is 0.751. The summed E-state index contributed by atoms with van der Waals surface area (Å²) >= 11 is 0. The fourth-order valence-electron chi connectivity index (χ4n) is 1.71. The molecule has 0 aliphatic heterocycles. The second-order valence-corrected chi connectivity index (χ2v) is 4.10. The quantitative estimate of drug-likeness (QED) is 0.727. The first-order valence-corrected chi connectivity index (χ1v) is 6.18. The molecule has 18 heavy (non-hydrogen) atoms. The van der Waals surface area contributed by atoms with Crippen LogP contribution in [0, 0.1) is 6.92 Å². The number of aryl methyl sites for hydroxylation is 1. The molecule has 0 unspecified atom stereocenters. The normalized spacial score (nSPS) is 10.8. The van der Waals surface area contributed by atoms with Crippen LogP contribution < -0.4 is 0 Å². The van der Waals surface area contributed by atoms with Gasteiger partial charge in [-0.15, -0.1) is 10.2 Å². The molecule has 1 heterocycles. The number of hydrogen-bond donors (Lipinski definition) is 0. The lowest BCUT2D eigenvalue weighted by Crippen LogP contribution is -2.09. The van der Waals surface area contributed by atoms with E-state index in [0.717, 1.165) is 12.2 Å². The number of aromatic nitrogens is 4. The van der Waals surface area contributed by atoms with E-state index in [2.05, 4.69) is 34.5 Å². The maximum Gasteiger partial charge on any atom is 0.179 e. The van der Waals surface area contributed by atoms with Gasteiger partial charge >= 0.3 is 0 Å². The van der Waals surface area contributed by atoms with Gasteiger partial charge in [0, 0.05) is 13.0 Å². The Kier molecular flexibility index (Phi) is 4.41. The summed E-state index contributed by atoms with van der Waals surface area (Å²) in [6, 6.07) is 8.25. The summed E-state index contributed by atoms with van der Waals surface area (Å²) in [4.78, 5) is 1.59. The van der Waals surface area contributed by atoms with Crippen LogP contribution in [0.5, 0.6) is 0 Å². The Bertz CT molecular complexity index is 495. The zero-order valence-electron chi connectivity index (χ0n) is 10.8. The lowest BCUT2D eigenvalue weighted by Gasteiger charge is -2.01. The molecule has 5 nitrogen and oxygen atoms in total. The van der Waals surface area contributed by atoms with Crippen molar-refractivity contribution >= 4 is 0 Å². The topological polar surface area (TPSA) is 52.8 Å². The molecule has 0 amide bonds. The minimum atomic E-state index is 0.622. The van der Waals surface area contributed by atoms with Gasteiger partial charge in [0.2, 0.25) is 0 Å². The Morgan fingerprint density at radius 3 is 2.89 bits per heavy atom. The molecule has 96 valence electrons. The average Bonchev–Trinajstić information content (AvgIpc) is 2.80. The largest absolute Gasteiger partial charge is 0.380 e. The van der Waals surface area contributed by atoms with E-state index < -0.39 is 0 Å². The van der Waals surface area contributed by atoms with Gasteiger partial charge in [-0.05, 0) is 30.2 Å². The average molecular weight is 246 g/mol. The van der Waals surface area contributed by atoms with Gasteiger partial charge in [-0.1, -0.05) is 24.3 Å². The molecule has 2 rings (SSSR count). The van der Waals surface area contributed by atoms with E-state index in [1.54, 1.807) is 4.80 Å². The van der Waals surface area contributed by atoms with Crippen LogP contribution in [0.1, 0.15) is 23.9 Å². The minimum absolute atomic E-state index is 0.622. The summed E-state index contributed by atoms with van der Waals surface area (Å²) in [7, 11) is 0. The third-order valence-electron chi connectivity index (χ3n) is 2.74. The first kappa shape index (κ1) is 12.7. The number of hydrogen-bond acceptors (Lipinski definition) is 4. The van der Waals surface area contributed by atoms with Gasteiger partial charge in [0.15, 0.2) is 5.82 Å². The number of nitrogens with zero attached hydrogens (tertiary/aromatic N) is 4.